The SMILES string of the molecule is CC(C)c1ccc(N2CC(N(C)S(C)(=O)=O)C2)c2cnc(Nc3ccnc(-c4cn(CCN(C)C)nc4Cl)n3)cc12. The predicted octanol–water partition coefficient (Wildman–Crippen LogP) is 4.05. The molecule has 1 saturated heterocycles. The maximum atomic E-state index is 12.0. The third kappa shape index (κ3) is 6.30. The average Bonchev–Trinajstić information content (AvgIpc) is 3.26. The molecule has 0 amide bonds. The maximum absolute atomic E-state index is 12.0. The summed E-state index contributed by atoms with van der Waals surface area (Å²) >= 11 is 6.43. The summed E-state index contributed by atoms with van der Waals surface area (Å²) < 4.78 is 27.2. The number of benzene rings is 1. The zero-order valence-electron chi connectivity index (χ0n) is 24.2. The molecule has 4 heterocycles. The van der Waals surface area contributed by atoms with Gasteiger partial charge in [0, 0.05) is 56.3 Å². The van der Waals surface area contributed by atoms with Gasteiger partial charge in [-0.15, -0.1) is 0 Å². The zero-order chi connectivity index (χ0) is 29.5. The second kappa shape index (κ2) is 11.5. The van der Waals surface area contributed by atoms with Crippen molar-refractivity contribution in [1.82, 2.24) is 33.9 Å². The van der Waals surface area contributed by atoms with E-state index in [9.17, 15) is 8.42 Å². The van der Waals surface area contributed by atoms with E-state index in [1.165, 1.54) is 16.1 Å². The van der Waals surface area contributed by atoms with Gasteiger partial charge in [-0.1, -0.05) is 31.5 Å². The molecule has 1 aromatic carbocycles. The van der Waals surface area contributed by atoms with Crippen molar-refractivity contribution in [1.29, 1.82) is 0 Å². The van der Waals surface area contributed by atoms with Crippen molar-refractivity contribution < 1.29 is 8.42 Å². The number of hydrogen-bond acceptors (Lipinski definition) is 9. The molecule has 0 bridgehead atoms. The summed E-state index contributed by atoms with van der Waals surface area (Å²) in [4.78, 5) is 18.1. The number of hydrogen-bond donors (Lipinski definition) is 1. The molecule has 0 atom stereocenters. The van der Waals surface area contributed by atoms with Gasteiger partial charge in [-0.2, -0.15) is 9.40 Å². The molecule has 1 N–H and O–H groups in total. The van der Waals surface area contributed by atoms with Crippen LogP contribution in [-0.4, -0.2) is 95.4 Å². The van der Waals surface area contributed by atoms with E-state index in [4.69, 9.17) is 16.6 Å². The summed E-state index contributed by atoms with van der Waals surface area (Å²) in [5, 5.41) is 10.2. The van der Waals surface area contributed by atoms with Crippen LogP contribution in [0.5, 0.6) is 0 Å². The minimum Gasteiger partial charge on any atom is -0.368 e. The second-order valence-electron chi connectivity index (χ2n) is 11.1. The summed E-state index contributed by atoms with van der Waals surface area (Å²) in [6, 6.07) is 8.06. The number of likely N-dealkylation sites (N-methyl/N-ethyl adjacent to an activating group) is 2. The van der Waals surface area contributed by atoms with Crippen LogP contribution in [0.1, 0.15) is 25.3 Å². The molecule has 218 valence electrons. The zero-order valence-corrected chi connectivity index (χ0v) is 25.8. The van der Waals surface area contributed by atoms with E-state index in [0.29, 0.717) is 53.7 Å². The van der Waals surface area contributed by atoms with E-state index in [-0.39, 0.29) is 6.04 Å². The first-order valence-corrected chi connectivity index (χ1v) is 15.7. The lowest BCUT2D eigenvalue weighted by Gasteiger charge is -2.44. The maximum Gasteiger partial charge on any atom is 0.211 e. The van der Waals surface area contributed by atoms with Crippen molar-refractivity contribution in [2.45, 2.75) is 32.4 Å². The Balaban J connectivity index is 1.40. The van der Waals surface area contributed by atoms with Gasteiger partial charge in [-0.25, -0.2) is 23.4 Å². The third-order valence-electron chi connectivity index (χ3n) is 7.42. The molecule has 0 saturated carbocycles. The highest BCUT2D eigenvalue weighted by Crippen LogP contribution is 2.36. The second-order valence-corrected chi connectivity index (χ2v) is 13.5. The number of nitrogens with zero attached hydrogens (tertiary/aromatic N) is 8. The Hall–Kier alpha value is -3.32. The predicted molar refractivity (Wildman–Crippen MR) is 165 cm³/mol. The average molecular weight is 598 g/mol. The van der Waals surface area contributed by atoms with Crippen LogP contribution in [0, 0.1) is 0 Å². The van der Waals surface area contributed by atoms with Gasteiger partial charge in [0.15, 0.2) is 11.0 Å². The van der Waals surface area contributed by atoms with Crippen LogP contribution in [0.15, 0.2) is 42.9 Å². The van der Waals surface area contributed by atoms with Gasteiger partial charge in [-0.3, -0.25) is 4.68 Å². The van der Waals surface area contributed by atoms with Gasteiger partial charge in [0.25, 0.3) is 0 Å². The van der Waals surface area contributed by atoms with Crippen LogP contribution in [0.3, 0.4) is 0 Å². The van der Waals surface area contributed by atoms with Crippen molar-refractivity contribution in [3.8, 4) is 11.4 Å². The summed E-state index contributed by atoms with van der Waals surface area (Å²) in [6.45, 7) is 7.15. The molecule has 0 spiro atoms. The molecule has 5 rings (SSSR count). The highest BCUT2D eigenvalue weighted by molar-refractivity contribution is 7.88. The monoisotopic (exact) mass is 597 g/mol. The summed E-state index contributed by atoms with van der Waals surface area (Å²) in [7, 11) is 2.43. The van der Waals surface area contributed by atoms with Crippen molar-refractivity contribution in [3.05, 3.63) is 53.6 Å². The van der Waals surface area contributed by atoms with E-state index < -0.39 is 10.0 Å². The first-order chi connectivity index (χ1) is 19.4. The molecule has 1 fully saturated rings. The number of pyridine rings is 1. The highest BCUT2D eigenvalue weighted by Gasteiger charge is 2.35. The van der Waals surface area contributed by atoms with Crippen LogP contribution in [0.4, 0.5) is 17.3 Å². The lowest BCUT2D eigenvalue weighted by Crippen LogP contribution is -2.59. The topological polar surface area (TPSA) is 112 Å². The van der Waals surface area contributed by atoms with Crippen molar-refractivity contribution in [2.24, 2.45) is 0 Å². The lowest BCUT2D eigenvalue weighted by molar-refractivity contribution is 0.313. The Labute approximate surface area is 246 Å². The summed E-state index contributed by atoms with van der Waals surface area (Å²) in [5.41, 5.74) is 2.92. The van der Waals surface area contributed by atoms with Crippen molar-refractivity contribution in [2.75, 3.05) is 57.2 Å². The van der Waals surface area contributed by atoms with Gasteiger partial charge in [0.2, 0.25) is 10.0 Å². The fourth-order valence-corrected chi connectivity index (χ4v) is 5.81. The largest absolute Gasteiger partial charge is 0.368 e. The molecule has 41 heavy (non-hydrogen) atoms. The fraction of sp³-hybridized carbons (Fsp3) is 0.429. The minimum absolute atomic E-state index is 0.0423. The Morgan fingerprint density at radius 2 is 1.85 bits per heavy atom. The van der Waals surface area contributed by atoms with Crippen LogP contribution in [0.2, 0.25) is 5.15 Å². The standard InChI is InChI=1S/C28H36ClN9O2S/c1-18(2)20-7-8-24(37-15-19(16-37)36(5)41(6,39)40)22-14-31-26(13-21(20)22)32-25-9-10-30-28(33-25)23-17-38(34-27(23)29)12-11-35(3)4/h7-10,13-14,17-19H,11-12,15-16H2,1-6H3,(H,30,31,32,33). The molecule has 1 aliphatic heterocycles. The third-order valence-corrected chi connectivity index (χ3v) is 9.04. The van der Waals surface area contributed by atoms with Gasteiger partial charge in [0.05, 0.1) is 24.4 Å². The Morgan fingerprint density at radius 3 is 2.54 bits per heavy atom. The smallest absolute Gasteiger partial charge is 0.211 e. The fourth-order valence-electron chi connectivity index (χ4n) is 4.90. The van der Waals surface area contributed by atoms with E-state index >= 15 is 0 Å². The Bertz CT molecular complexity index is 1670. The Morgan fingerprint density at radius 1 is 1.10 bits per heavy atom. The molecule has 3 aromatic heterocycles. The number of fused-ring (bicyclic) bond motifs is 1. The summed E-state index contributed by atoms with van der Waals surface area (Å²) in [5.74, 6) is 2.04. The van der Waals surface area contributed by atoms with Crippen molar-refractivity contribution in [3.63, 3.8) is 0 Å². The lowest BCUT2D eigenvalue weighted by atomic mass is 9.94. The number of nitrogens with one attached hydrogen (secondary N) is 1. The van der Waals surface area contributed by atoms with Crippen LogP contribution in [0.25, 0.3) is 22.2 Å². The van der Waals surface area contributed by atoms with E-state index in [0.717, 1.165) is 23.0 Å². The van der Waals surface area contributed by atoms with Gasteiger partial charge >= 0.3 is 0 Å². The highest BCUT2D eigenvalue weighted by atomic mass is 35.5. The molecule has 0 aliphatic carbocycles. The molecule has 13 heteroatoms. The molecule has 0 radical (unpaired) electrons. The summed E-state index contributed by atoms with van der Waals surface area (Å²) in [6.07, 6.45) is 6.67. The number of sulfonamides is 1. The number of aromatic nitrogens is 5. The van der Waals surface area contributed by atoms with Crippen LogP contribution >= 0.6 is 11.6 Å². The van der Waals surface area contributed by atoms with Gasteiger partial charge in [0.1, 0.15) is 11.6 Å². The van der Waals surface area contributed by atoms with Gasteiger partial charge in [-0.05, 0) is 49.2 Å². The Kier molecular flexibility index (Phi) is 8.20. The molecule has 4 aromatic rings. The van der Waals surface area contributed by atoms with E-state index in [1.807, 2.05) is 32.6 Å². The first-order valence-electron chi connectivity index (χ1n) is 13.5. The molecule has 0 unspecified atom stereocenters. The number of anilines is 3. The quantitative estimate of drug-likeness (QED) is 0.289. The molecule has 11 nitrogen and oxygen atoms in total. The number of rotatable bonds is 10. The molecular formula is C28H36ClN9O2S. The van der Waals surface area contributed by atoms with Gasteiger partial charge < -0.3 is 15.1 Å². The van der Waals surface area contributed by atoms with Crippen molar-refractivity contribution >= 4 is 49.7 Å². The first kappa shape index (κ1) is 29.2. The van der Waals surface area contributed by atoms with E-state index in [1.54, 1.807) is 24.0 Å². The normalized spacial score (nSPS) is 14.4. The van der Waals surface area contributed by atoms with E-state index in [2.05, 4.69) is 56.2 Å². The molecular weight excluding hydrogens is 562 g/mol. The molecule has 1 aliphatic rings. The van der Waals surface area contributed by atoms with Crippen LogP contribution < -0.4 is 10.2 Å². The minimum atomic E-state index is -3.23. The van der Waals surface area contributed by atoms with Crippen LogP contribution in [-0.2, 0) is 16.6 Å². The number of halogens is 1.